The van der Waals surface area contributed by atoms with Crippen molar-refractivity contribution in [2.75, 3.05) is 0 Å². The van der Waals surface area contributed by atoms with Gasteiger partial charge < -0.3 is 9.84 Å². The van der Waals surface area contributed by atoms with Gasteiger partial charge in [-0.1, -0.05) is 43.3 Å². The van der Waals surface area contributed by atoms with Crippen LogP contribution in [-0.2, 0) is 17.9 Å². The maximum Gasteiger partial charge on any atom is 0.303 e. The summed E-state index contributed by atoms with van der Waals surface area (Å²) in [5.41, 5.74) is 3.84. The summed E-state index contributed by atoms with van der Waals surface area (Å²) in [5.74, 6) is -0.362. The monoisotopic (exact) mass is 418 g/mol. The Balaban J connectivity index is 1.39. The first kappa shape index (κ1) is 20.6. The Morgan fingerprint density at radius 2 is 1.77 bits per heavy atom. The van der Waals surface area contributed by atoms with Gasteiger partial charge >= 0.3 is 5.97 Å². The Labute approximate surface area is 179 Å². The van der Waals surface area contributed by atoms with Gasteiger partial charge in [-0.2, -0.15) is 5.10 Å². The minimum Gasteiger partial charge on any atom is -0.489 e. The number of hydrogen-bond acceptors (Lipinski definition) is 3. The smallest absolute Gasteiger partial charge is 0.303 e. The zero-order chi connectivity index (χ0) is 21.8. The van der Waals surface area contributed by atoms with Crippen LogP contribution in [0, 0.1) is 5.82 Å². The van der Waals surface area contributed by atoms with Crippen molar-refractivity contribution in [3.05, 3.63) is 95.4 Å². The van der Waals surface area contributed by atoms with Crippen LogP contribution in [0.3, 0.4) is 0 Å². The van der Waals surface area contributed by atoms with Gasteiger partial charge in [0, 0.05) is 11.6 Å². The second kappa shape index (κ2) is 9.00. The van der Waals surface area contributed by atoms with Crippen LogP contribution in [0.4, 0.5) is 4.39 Å². The summed E-state index contributed by atoms with van der Waals surface area (Å²) >= 11 is 0. The van der Waals surface area contributed by atoms with Crippen LogP contribution in [0.25, 0.3) is 10.9 Å². The van der Waals surface area contributed by atoms with E-state index in [4.69, 9.17) is 9.84 Å². The number of nitrogens with zero attached hydrogens (tertiary/aromatic N) is 2. The zero-order valence-corrected chi connectivity index (χ0v) is 17.2. The lowest BCUT2D eigenvalue weighted by atomic mass is 9.98. The van der Waals surface area contributed by atoms with E-state index in [1.54, 1.807) is 12.1 Å². The number of hydrogen-bond donors (Lipinski definition) is 1. The Morgan fingerprint density at radius 3 is 2.48 bits per heavy atom. The average Bonchev–Trinajstić information content (AvgIpc) is 3.15. The lowest BCUT2D eigenvalue weighted by Crippen LogP contribution is -2.03. The van der Waals surface area contributed by atoms with Crippen molar-refractivity contribution < 1.29 is 19.0 Å². The number of rotatable bonds is 8. The van der Waals surface area contributed by atoms with Gasteiger partial charge in [-0.15, -0.1) is 0 Å². The minimum absolute atomic E-state index is 0.0426. The fraction of sp³-hybridized carbons (Fsp3) is 0.200. The first-order chi connectivity index (χ1) is 15.0. The van der Waals surface area contributed by atoms with Crippen LogP contribution in [-0.4, -0.2) is 20.9 Å². The summed E-state index contributed by atoms with van der Waals surface area (Å²) in [6.45, 7) is 2.88. The molecule has 0 aliphatic heterocycles. The lowest BCUT2D eigenvalue weighted by molar-refractivity contribution is -0.137. The van der Waals surface area contributed by atoms with E-state index in [0.717, 1.165) is 33.3 Å². The molecule has 5 nitrogen and oxygen atoms in total. The third-order valence-electron chi connectivity index (χ3n) is 5.21. The second-order valence-corrected chi connectivity index (χ2v) is 7.70. The number of fused-ring (bicyclic) bond motifs is 1. The topological polar surface area (TPSA) is 64.3 Å². The van der Waals surface area contributed by atoms with Crippen LogP contribution in [0.15, 0.2) is 72.9 Å². The van der Waals surface area contributed by atoms with Crippen molar-refractivity contribution in [1.82, 2.24) is 9.78 Å². The van der Waals surface area contributed by atoms with Crippen molar-refractivity contribution in [2.24, 2.45) is 0 Å². The number of aliphatic carboxylic acids is 1. The first-order valence-corrected chi connectivity index (χ1v) is 10.1. The fourth-order valence-corrected chi connectivity index (χ4v) is 3.50. The standard InChI is InChI=1S/C25H23FN2O3/c1-17(12-25(29)30)20-6-10-23(11-7-20)31-16-19-2-5-21-15-28(27-24(21)13-19)14-18-3-8-22(26)9-4-18/h2-11,13,15,17H,12,14,16H2,1H3,(H,29,30). The minimum atomic E-state index is -0.802. The summed E-state index contributed by atoms with van der Waals surface area (Å²) in [7, 11) is 0. The molecule has 0 saturated carbocycles. The van der Waals surface area contributed by atoms with E-state index in [1.165, 1.54) is 12.1 Å². The number of carbonyl (C=O) groups is 1. The molecule has 1 unspecified atom stereocenters. The number of aromatic nitrogens is 2. The van der Waals surface area contributed by atoms with Gasteiger partial charge in [-0.25, -0.2) is 4.39 Å². The Kier molecular flexibility index (Phi) is 5.98. The fourth-order valence-electron chi connectivity index (χ4n) is 3.50. The van der Waals surface area contributed by atoms with Crippen LogP contribution >= 0.6 is 0 Å². The lowest BCUT2D eigenvalue weighted by Gasteiger charge is -2.11. The molecule has 3 aromatic carbocycles. The molecule has 0 saturated heterocycles. The molecule has 4 rings (SSSR count). The quantitative estimate of drug-likeness (QED) is 0.417. The molecule has 1 heterocycles. The van der Waals surface area contributed by atoms with Crippen molar-refractivity contribution in [2.45, 2.75) is 32.4 Å². The predicted molar refractivity (Wildman–Crippen MR) is 117 cm³/mol. The van der Waals surface area contributed by atoms with Gasteiger partial charge in [-0.3, -0.25) is 9.48 Å². The van der Waals surface area contributed by atoms with E-state index in [0.29, 0.717) is 13.2 Å². The van der Waals surface area contributed by atoms with Crippen molar-refractivity contribution in [3.63, 3.8) is 0 Å². The highest BCUT2D eigenvalue weighted by Crippen LogP contribution is 2.23. The molecule has 158 valence electrons. The summed E-state index contributed by atoms with van der Waals surface area (Å²) in [6, 6.07) is 20.0. The Hall–Kier alpha value is -3.67. The van der Waals surface area contributed by atoms with Crippen LogP contribution in [0.1, 0.15) is 36.0 Å². The Morgan fingerprint density at radius 1 is 1.06 bits per heavy atom. The molecule has 0 radical (unpaired) electrons. The zero-order valence-electron chi connectivity index (χ0n) is 17.2. The maximum absolute atomic E-state index is 13.1. The number of carboxylic acid groups (broad SMARTS) is 1. The normalized spacial score (nSPS) is 12.1. The SMILES string of the molecule is CC(CC(=O)O)c1ccc(OCc2ccc3cn(Cc4ccc(F)cc4)nc3c2)cc1. The number of carboxylic acids is 1. The summed E-state index contributed by atoms with van der Waals surface area (Å²) < 4.78 is 20.8. The van der Waals surface area contributed by atoms with Gasteiger partial charge in [-0.05, 0) is 52.9 Å². The molecule has 1 atom stereocenters. The van der Waals surface area contributed by atoms with Gasteiger partial charge in [0.05, 0.1) is 18.5 Å². The molecule has 0 amide bonds. The predicted octanol–water partition coefficient (Wildman–Crippen LogP) is 5.38. The van der Waals surface area contributed by atoms with E-state index in [2.05, 4.69) is 5.10 Å². The highest BCUT2D eigenvalue weighted by Gasteiger charge is 2.10. The van der Waals surface area contributed by atoms with Gasteiger partial charge in [0.25, 0.3) is 0 Å². The second-order valence-electron chi connectivity index (χ2n) is 7.70. The van der Waals surface area contributed by atoms with Crippen molar-refractivity contribution in [1.29, 1.82) is 0 Å². The molecular formula is C25H23FN2O3. The molecule has 0 aliphatic carbocycles. The molecular weight excluding hydrogens is 395 g/mol. The molecule has 1 aromatic heterocycles. The third kappa shape index (κ3) is 5.28. The number of halogens is 1. The Bertz CT molecular complexity index is 1180. The van der Waals surface area contributed by atoms with E-state index >= 15 is 0 Å². The van der Waals surface area contributed by atoms with Gasteiger partial charge in [0.2, 0.25) is 0 Å². The molecule has 1 N–H and O–H groups in total. The van der Waals surface area contributed by atoms with E-state index < -0.39 is 5.97 Å². The van der Waals surface area contributed by atoms with Gasteiger partial charge in [0.15, 0.2) is 0 Å². The summed E-state index contributed by atoms with van der Waals surface area (Å²) in [6.07, 6.45) is 2.08. The molecule has 0 aliphatic rings. The highest BCUT2D eigenvalue weighted by atomic mass is 19.1. The number of ether oxygens (including phenoxy) is 1. The van der Waals surface area contributed by atoms with Gasteiger partial charge in [0.1, 0.15) is 18.2 Å². The van der Waals surface area contributed by atoms with E-state index in [9.17, 15) is 9.18 Å². The first-order valence-electron chi connectivity index (χ1n) is 10.1. The van der Waals surface area contributed by atoms with Crippen LogP contribution in [0.2, 0.25) is 0 Å². The van der Waals surface area contributed by atoms with Crippen LogP contribution in [0.5, 0.6) is 5.75 Å². The summed E-state index contributed by atoms with van der Waals surface area (Å²) in [4.78, 5) is 10.9. The average molecular weight is 418 g/mol. The third-order valence-corrected chi connectivity index (χ3v) is 5.21. The van der Waals surface area contributed by atoms with Crippen molar-refractivity contribution >= 4 is 16.9 Å². The maximum atomic E-state index is 13.1. The summed E-state index contributed by atoms with van der Waals surface area (Å²) in [5, 5.41) is 14.6. The molecule has 6 heteroatoms. The largest absolute Gasteiger partial charge is 0.489 e. The molecule has 0 fully saturated rings. The molecule has 31 heavy (non-hydrogen) atoms. The van der Waals surface area contributed by atoms with Crippen molar-refractivity contribution in [3.8, 4) is 5.75 Å². The molecule has 0 spiro atoms. The molecule has 0 bridgehead atoms. The number of benzene rings is 3. The highest BCUT2D eigenvalue weighted by molar-refractivity contribution is 5.78. The van der Waals surface area contributed by atoms with Crippen LogP contribution < -0.4 is 4.74 Å². The van der Waals surface area contributed by atoms with E-state index in [-0.39, 0.29) is 18.2 Å². The molecule has 4 aromatic rings. The van der Waals surface area contributed by atoms with E-state index in [1.807, 2.05) is 60.3 Å².